The number of aryl methyl sites for hydroxylation is 1. The van der Waals surface area contributed by atoms with E-state index in [0.717, 1.165) is 68.2 Å². The molecule has 13 heteroatoms. The van der Waals surface area contributed by atoms with Crippen molar-refractivity contribution in [2.75, 3.05) is 68.9 Å². The minimum atomic E-state index is -4.54. The third-order valence-electron chi connectivity index (χ3n) is 7.51. The summed E-state index contributed by atoms with van der Waals surface area (Å²) in [5.41, 5.74) is 2.57. The Kier molecular flexibility index (Phi) is 8.92. The Labute approximate surface area is 247 Å². The second-order valence-electron chi connectivity index (χ2n) is 10.6. The van der Waals surface area contributed by atoms with E-state index in [4.69, 9.17) is 0 Å². The Balaban J connectivity index is 1.29. The summed E-state index contributed by atoms with van der Waals surface area (Å²) in [6.07, 6.45) is -1.33. The molecule has 1 aliphatic rings. The molecule has 43 heavy (non-hydrogen) atoms. The number of halogens is 3. The van der Waals surface area contributed by atoms with Crippen LogP contribution in [0.25, 0.3) is 11.3 Å². The number of anilines is 4. The summed E-state index contributed by atoms with van der Waals surface area (Å²) >= 11 is 0. The van der Waals surface area contributed by atoms with Gasteiger partial charge in [0.15, 0.2) is 0 Å². The van der Waals surface area contributed by atoms with Crippen LogP contribution in [0.5, 0.6) is 0 Å². The third kappa shape index (κ3) is 7.30. The Morgan fingerprint density at radius 1 is 1.07 bits per heavy atom. The monoisotopic (exact) mass is 593 g/mol. The van der Waals surface area contributed by atoms with E-state index in [1.54, 1.807) is 18.3 Å². The average molecular weight is 594 g/mol. The lowest BCUT2D eigenvalue weighted by Gasteiger charge is -2.32. The molecule has 0 spiro atoms. The van der Waals surface area contributed by atoms with E-state index < -0.39 is 17.6 Å². The maximum atomic E-state index is 13.1. The van der Waals surface area contributed by atoms with Crippen molar-refractivity contribution in [1.29, 1.82) is 0 Å². The fourth-order valence-corrected chi connectivity index (χ4v) is 4.95. The van der Waals surface area contributed by atoms with Crippen LogP contribution in [-0.4, -0.2) is 89.2 Å². The van der Waals surface area contributed by atoms with Crippen LogP contribution in [0.1, 0.15) is 21.5 Å². The van der Waals surface area contributed by atoms with Gasteiger partial charge in [0.2, 0.25) is 0 Å². The number of nitrogens with one attached hydrogen (secondary N) is 3. The molecule has 3 heterocycles. The Hall–Kier alpha value is -4.49. The molecule has 1 fully saturated rings. The number of piperazine rings is 1. The molecule has 1 aliphatic heterocycles. The number of hydrogen-bond donors (Lipinski definition) is 3. The van der Waals surface area contributed by atoms with E-state index in [1.807, 2.05) is 31.0 Å². The standard InChI is InChI=1S/C30H34F3N9O/c1-20-7-8-23(38-29(43)21-5-4-6-22(15-21)30(31,32)33)16-26(20)41(3)28-24(18-37-39-28)25-17-27(36-19-35-25)34-9-10-42-13-11-40(2)12-14-42/h4-8,15-19H,9-14H2,1-3H3,(H,37,39)(H,38,43)(H,34,35,36). The fourth-order valence-electron chi connectivity index (χ4n) is 4.95. The zero-order chi connectivity index (χ0) is 30.6. The number of nitrogens with zero attached hydrogens (tertiary/aromatic N) is 6. The zero-order valence-corrected chi connectivity index (χ0v) is 24.2. The summed E-state index contributed by atoms with van der Waals surface area (Å²) < 4.78 is 39.4. The first-order chi connectivity index (χ1) is 20.6. The van der Waals surface area contributed by atoms with Crippen molar-refractivity contribution >= 4 is 28.9 Å². The Morgan fingerprint density at radius 3 is 2.63 bits per heavy atom. The number of carbonyl (C=O) groups is 1. The van der Waals surface area contributed by atoms with Crippen molar-refractivity contribution in [3.8, 4) is 11.3 Å². The zero-order valence-electron chi connectivity index (χ0n) is 24.2. The van der Waals surface area contributed by atoms with Crippen molar-refractivity contribution in [3.05, 3.63) is 77.7 Å². The number of carbonyl (C=O) groups excluding carboxylic acids is 1. The largest absolute Gasteiger partial charge is 0.416 e. The van der Waals surface area contributed by atoms with Gasteiger partial charge >= 0.3 is 6.18 Å². The average Bonchev–Trinajstić information content (AvgIpc) is 3.49. The summed E-state index contributed by atoms with van der Waals surface area (Å²) in [5, 5.41) is 13.4. The topological polar surface area (TPSA) is 105 Å². The molecule has 2 aromatic heterocycles. The summed E-state index contributed by atoms with van der Waals surface area (Å²) in [7, 11) is 3.99. The maximum Gasteiger partial charge on any atom is 0.416 e. The number of likely N-dealkylation sites (N-methyl/N-ethyl adjacent to an activating group) is 1. The molecule has 0 atom stereocenters. The van der Waals surface area contributed by atoms with Gasteiger partial charge in [0, 0.05) is 69.3 Å². The van der Waals surface area contributed by atoms with Gasteiger partial charge in [-0.3, -0.25) is 14.8 Å². The fraction of sp³-hybridized carbons (Fsp3) is 0.333. The number of aromatic amines is 1. The van der Waals surface area contributed by atoms with E-state index in [-0.39, 0.29) is 5.56 Å². The number of alkyl halides is 3. The van der Waals surface area contributed by atoms with Gasteiger partial charge in [-0.25, -0.2) is 9.97 Å². The molecule has 5 rings (SSSR count). The van der Waals surface area contributed by atoms with Crippen LogP contribution in [0.2, 0.25) is 0 Å². The van der Waals surface area contributed by atoms with Gasteiger partial charge in [-0.15, -0.1) is 0 Å². The van der Waals surface area contributed by atoms with Gasteiger partial charge in [-0.2, -0.15) is 18.3 Å². The molecule has 4 aromatic rings. The van der Waals surface area contributed by atoms with Crippen LogP contribution >= 0.6 is 0 Å². The van der Waals surface area contributed by atoms with Crippen LogP contribution in [0, 0.1) is 6.92 Å². The highest BCUT2D eigenvalue weighted by atomic mass is 19.4. The summed E-state index contributed by atoms with van der Waals surface area (Å²) in [6.45, 7) is 7.84. The second-order valence-corrected chi connectivity index (χ2v) is 10.6. The lowest BCUT2D eigenvalue weighted by Crippen LogP contribution is -2.45. The maximum absolute atomic E-state index is 13.1. The van der Waals surface area contributed by atoms with Crippen molar-refractivity contribution in [3.63, 3.8) is 0 Å². The summed E-state index contributed by atoms with van der Waals surface area (Å²) in [4.78, 5) is 28.3. The number of benzene rings is 2. The first-order valence-electron chi connectivity index (χ1n) is 13.9. The molecule has 0 saturated carbocycles. The first kappa shape index (κ1) is 30.0. The number of rotatable bonds is 9. The minimum absolute atomic E-state index is 0.0853. The number of H-pyrrole nitrogens is 1. The minimum Gasteiger partial charge on any atom is -0.369 e. The quantitative estimate of drug-likeness (QED) is 0.253. The second kappa shape index (κ2) is 12.8. The summed E-state index contributed by atoms with van der Waals surface area (Å²) in [5.74, 6) is 0.746. The van der Waals surface area contributed by atoms with Gasteiger partial charge in [-0.05, 0) is 49.9 Å². The molecule has 2 aromatic carbocycles. The van der Waals surface area contributed by atoms with Gasteiger partial charge in [0.1, 0.15) is 18.0 Å². The molecule has 0 unspecified atom stereocenters. The highest BCUT2D eigenvalue weighted by molar-refractivity contribution is 6.04. The SMILES string of the molecule is Cc1ccc(NC(=O)c2cccc(C(F)(F)F)c2)cc1N(C)c1[nH]ncc1-c1cc(NCCN2CCN(C)CC2)ncn1. The van der Waals surface area contributed by atoms with Crippen molar-refractivity contribution in [1.82, 2.24) is 30.0 Å². The molecule has 226 valence electrons. The van der Waals surface area contributed by atoms with Gasteiger partial charge in [0.05, 0.1) is 23.0 Å². The molecule has 0 bridgehead atoms. The van der Waals surface area contributed by atoms with Gasteiger partial charge < -0.3 is 20.4 Å². The van der Waals surface area contributed by atoms with E-state index in [9.17, 15) is 18.0 Å². The third-order valence-corrected chi connectivity index (χ3v) is 7.51. The molecule has 1 amide bonds. The molecular weight excluding hydrogens is 559 g/mol. The van der Waals surface area contributed by atoms with E-state index in [1.165, 1.54) is 18.5 Å². The van der Waals surface area contributed by atoms with Crippen LogP contribution in [0.4, 0.5) is 36.2 Å². The Bertz CT molecular complexity index is 1560. The summed E-state index contributed by atoms with van der Waals surface area (Å²) in [6, 6.07) is 11.5. The first-order valence-corrected chi connectivity index (χ1v) is 13.9. The van der Waals surface area contributed by atoms with E-state index >= 15 is 0 Å². The molecule has 10 nitrogen and oxygen atoms in total. The molecule has 0 aliphatic carbocycles. The smallest absolute Gasteiger partial charge is 0.369 e. The van der Waals surface area contributed by atoms with Crippen LogP contribution in [-0.2, 0) is 6.18 Å². The van der Waals surface area contributed by atoms with Crippen molar-refractivity contribution < 1.29 is 18.0 Å². The molecule has 1 saturated heterocycles. The van der Waals surface area contributed by atoms with E-state index in [0.29, 0.717) is 23.0 Å². The van der Waals surface area contributed by atoms with Crippen molar-refractivity contribution in [2.45, 2.75) is 13.1 Å². The molecule has 0 radical (unpaired) electrons. The highest BCUT2D eigenvalue weighted by Gasteiger charge is 2.31. The van der Waals surface area contributed by atoms with Crippen LogP contribution in [0.15, 0.2) is 61.1 Å². The van der Waals surface area contributed by atoms with E-state index in [2.05, 4.69) is 47.6 Å². The lowest BCUT2D eigenvalue weighted by atomic mass is 10.1. The number of amides is 1. The lowest BCUT2D eigenvalue weighted by molar-refractivity contribution is -0.137. The van der Waals surface area contributed by atoms with Gasteiger partial charge in [-0.1, -0.05) is 12.1 Å². The Morgan fingerprint density at radius 2 is 1.86 bits per heavy atom. The predicted molar refractivity (Wildman–Crippen MR) is 161 cm³/mol. The highest BCUT2D eigenvalue weighted by Crippen LogP contribution is 2.35. The van der Waals surface area contributed by atoms with Crippen LogP contribution in [0.3, 0.4) is 0 Å². The number of aromatic nitrogens is 4. The van der Waals surface area contributed by atoms with Crippen LogP contribution < -0.4 is 15.5 Å². The van der Waals surface area contributed by atoms with Crippen molar-refractivity contribution in [2.24, 2.45) is 0 Å². The molecule has 3 N–H and O–H groups in total. The molecular formula is C30H34F3N9O. The predicted octanol–water partition coefficient (Wildman–Crippen LogP) is 4.87. The van der Waals surface area contributed by atoms with Gasteiger partial charge in [0.25, 0.3) is 5.91 Å². The normalized spacial score (nSPS) is 14.5. The number of hydrogen-bond acceptors (Lipinski definition) is 8.